The van der Waals surface area contributed by atoms with Crippen LogP contribution in [-0.4, -0.2) is 6.08 Å². The van der Waals surface area contributed by atoms with Crippen LogP contribution in [0.2, 0.25) is 0 Å². The molecule has 0 radical (unpaired) electrons. The lowest BCUT2D eigenvalue weighted by molar-refractivity contribution is 0.565. The van der Waals surface area contributed by atoms with E-state index < -0.39 is 0 Å². The molecular formula is C4H2N2O. The van der Waals surface area contributed by atoms with Crippen molar-refractivity contribution in [1.82, 2.24) is 0 Å². The van der Waals surface area contributed by atoms with Gasteiger partial charge in [-0.2, -0.15) is 4.99 Å². The number of hydrogen-bond acceptors (Lipinski definition) is 2. The fourth-order valence-electron chi connectivity index (χ4n) is 0.0971. The number of carbonyl (C=O) groups excluding carboxylic acids is 1. The van der Waals surface area contributed by atoms with Crippen LogP contribution < -0.4 is 0 Å². The Bertz CT molecular complexity index is 148. The lowest BCUT2D eigenvalue weighted by Crippen LogP contribution is -1.43. The van der Waals surface area contributed by atoms with E-state index in [0.29, 0.717) is 0 Å². The molecule has 0 aromatic rings. The second-order valence-corrected chi connectivity index (χ2v) is 0.648. The molecule has 0 bridgehead atoms. The van der Waals surface area contributed by atoms with Gasteiger partial charge in [-0.3, -0.25) is 0 Å². The first-order valence-electron chi connectivity index (χ1n) is 1.50. The molecule has 0 aliphatic rings. The van der Waals surface area contributed by atoms with Crippen molar-refractivity contribution in [1.29, 1.82) is 0 Å². The zero-order valence-corrected chi connectivity index (χ0v) is 3.46. The lowest BCUT2D eigenvalue weighted by Gasteiger charge is -1.55. The molecule has 7 heavy (non-hydrogen) atoms. The summed E-state index contributed by atoms with van der Waals surface area (Å²) in [5.41, 5.74) is 0. The van der Waals surface area contributed by atoms with Crippen LogP contribution in [0.4, 0.5) is 0 Å². The molecule has 34 valence electrons. The third kappa shape index (κ3) is 4.61. The predicted octanol–water partition coefficient (Wildman–Crippen LogP) is 0.713. The third-order valence-electron chi connectivity index (χ3n) is 0.268. The van der Waals surface area contributed by atoms with E-state index in [1.807, 2.05) is 0 Å². The minimum Gasteiger partial charge on any atom is -0.244 e. The first-order valence-corrected chi connectivity index (χ1v) is 1.50. The first-order chi connectivity index (χ1) is 3.41. The Morgan fingerprint density at radius 2 is 2.57 bits per heavy atom. The van der Waals surface area contributed by atoms with Crippen molar-refractivity contribution in [3.8, 4) is 0 Å². The number of isocyanates is 1. The van der Waals surface area contributed by atoms with Gasteiger partial charge >= 0.3 is 0 Å². The maximum absolute atomic E-state index is 9.23. The molecule has 0 N–H and O–H groups in total. The van der Waals surface area contributed by atoms with Crippen molar-refractivity contribution in [2.45, 2.75) is 0 Å². The molecule has 0 spiro atoms. The second-order valence-electron chi connectivity index (χ2n) is 0.648. The van der Waals surface area contributed by atoms with E-state index in [2.05, 4.69) is 9.84 Å². The first kappa shape index (κ1) is 5.61. The van der Waals surface area contributed by atoms with Crippen molar-refractivity contribution in [3.05, 3.63) is 23.8 Å². The van der Waals surface area contributed by atoms with Crippen molar-refractivity contribution in [2.75, 3.05) is 0 Å². The number of rotatable bonds is 1. The van der Waals surface area contributed by atoms with E-state index >= 15 is 0 Å². The van der Waals surface area contributed by atoms with Gasteiger partial charge in [0.25, 0.3) is 0 Å². The van der Waals surface area contributed by atoms with Crippen molar-refractivity contribution >= 4 is 6.08 Å². The summed E-state index contributed by atoms with van der Waals surface area (Å²) in [5.74, 6) is 0. The van der Waals surface area contributed by atoms with Crippen LogP contribution in [0.15, 0.2) is 17.4 Å². The van der Waals surface area contributed by atoms with Gasteiger partial charge in [-0.05, 0) is 0 Å². The van der Waals surface area contributed by atoms with E-state index in [9.17, 15) is 4.79 Å². The summed E-state index contributed by atoms with van der Waals surface area (Å²) < 4.78 is 0. The van der Waals surface area contributed by atoms with Crippen molar-refractivity contribution < 1.29 is 4.79 Å². The van der Waals surface area contributed by atoms with Gasteiger partial charge in [-0.25, -0.2) is 9.64 Å². The summed E-state index contributed by atoms with van der Waals surface area (Å²) in [4.78, 5) is 15.0. The van der Waals surface area contributed by atoms with Gasteiger partial charge in [0, 0.05) is 6.20 Å². The molecule has 0 fully saturated rings. The van der Waals surface area contributed by atoms with E-state index in [1.165, 1.54) is 6.08 Å². The van der Waals surface area contributed by atoms with Crippen LogP contribution in [0.3, 0.4) is 0 Å². The van der Waals surface area contributed by atoms with Crippen LogP contribution in [-0.2, 0) is 4.79 Å². The Morgan fingerprint density at radius 3 is 3.00 bits per heavy atom. The Labute approximate surface area is 40.8 Å². The van der Waals surface area contributed by atoms with E-state index in [4.69, 9.17) is 6.57 Å². The fraction of sp³-hybridized carbons (Fsp3) is 0. The summed E-state index contributed by atoms with van der Waals surface area (Å²) in [6, 6.07) is 0. The average molecular weight is 94.1 g/mol. The standard InChI is InChI=1S/C4H2N2O/c1-5-2-3-6-4-7/h2-3H. The summed E-state index contributed by atoms with van der Waals surface area (Å²) in [7, 11) is 0. The highest BCUT2D eigenvalue weighted by Crippen LogP contribution is 1.69. The molecule has 0 aliphatic carbocycles. The predicted molar refractivity (Wildman–Crippen MR) is 23.9 cm³/mol. The monoisotopic (exact) mass is 94.0 g/mol. The lowest BCUT2D eigenvalue weighted by atomic mass is 10.9. The Kier molecular flexibility index (Phi) is 3.69. The molecule has 0 aromatic heterocycles. The van der Waals surface area contributed by atoms with Crippen LogP contribution in [0.25, 0.3) is 4.85 Å². The van der Waals surface area contributed by atoms with E-state index in [1.54, 1.807) is 0 Å². The Balaban J connectivity index is 3.54. The molecule has 0 heterocycles. The Morgan fingerprint density at radius 1 is 1.86 bits per heavy atom. The van der Waals surface area contributed by atoms with Crippen molar-refractivity contribution in [3.63, 3.8) is 0 Å². The molecule has 0 aromatic carbocycles. The van der Waals surface area contributed by atoms with Gasteiger partial charge < -0.3 is 0 Å². The number of aliphatic imine (C=N–C) groups is 1. The van der Waals surface area contributed by atoms with Crippen LogP contribution in [0.5, 0.6) is 0 Å². The maximum Gasteiger partial charge on any atom is 0.238 e. The van der Waals surface area contributed by atoms with Gasteiger partial charge in [-0.1, -0.05) is 0 Å². The molecule has 0 amide bonds. The topological polar surface area (TPSA) is 33.8 Å². The highest BCUT2D eigenvalue weighted by molar-refractivity contribution is 5.34. The zero-order chi connectivity index (χ0) is 5.54. The summed E-state index contributed by atoms with van der Waals surface area (Å²) in [6.45, 7) is 6.13. The van der Waals surface area contributed by atoms with Gasteiger partial charge in [0.05, 0.1) is 6.57 Å². The summed E-state index contributed by atoms with van der Waals surface area (Å²) in [5, 5.41) is 0. The third-order valence-corrected chi connectivity index (χ3v) is 0.268. The molecule has 3 heteroatoms. The number of nitrogens with zero attached hydrogens (tertiary/aromatic N) is 2. The number of hydrogen-bond donors (Lipinski definition) is 0. The maximum atomic E-state index is 9.23. The van der Waals surface area contributed by atoms with Crippen LogP contribution >= 0.6 is 0 Å². The molecule has 0 saturated heterocycles. The van der Waals surface area contributed by atoms with E-state index in [0.717, 1.165) is 12.4 Å². The van der Waals surface area contributed by atoms with Crippen LogP contribution in [0, 0.1) is 6.57 Å². The van der Waals surface area contributed by atoms with E-state index in [-0.39, 0.29) is 0 Å². The highest BCUT2D eigenvalue weighted by Gasteiger charge is 1.54. The Hall–Kier alpha value is -1.39. The fourth-order valence-corrected chi connectivity index (χ4v) is 0.0971. The molecular weight excluding hydrogens is 92.1 g/mol. The van der Waals surface area contributed by atoms with Gasteiger partial charge in [-0.15, -0.1) is 0 Å². The average Bonchev–Trinajstić information content (AvgIpc) is 1.69. The van der Waals surface area contributed by atoms with Gasteiger partial charge in [0.15, 0.2) is 6.20 Å². The smallest absolute Gasteiger partial charge is 0.238 e. The highest BCUT2D eigenvalue weighted by atomic mass is 16.1. The van der Waals surface area contributed by atoms with Gasteiger partial charge in [0.2, 0.25) is 6.08 Å². The molecule has 0 unspecified atom stereocenters. The normalized spacial score (nSPS) is 7.29. The second kappa shape index (κ2) is 4.61. The zero-order valence-electron chi connectivity index (χ0n) is 3.46. The minimum atomic E-state index is 1.07. The van der Waals surface area contributed by atoms with Crippen molar-refractivity contribution in [2.24, 2.45) is 4.99 Å². The van der Waals surface area contributed by atoms with Gasteiger partial charge in [0.1, 0.15) is 0 Å². The molecule has 3 nitrogen and oxygen atoms in total. The molecule has 0 atom stereocenters. The minimum absolute atomic E-state index is 1.07. The molecule has 0 rings (SSSR count). The SMILES string of the molecule is [C-]#[N+]C=CN=C=O. The molecule has 0 aliphatic heterocycles. The summed E-state index contributed by atoms with van der Waals surface area (Å²) in [6.07, 6.45) is 3.40. The largest absolute Gasteiger partial charge is 0.244 e. The summed E-state index contributed by atoms with van der Waals surface area (Å²) >= 11 is 0. The molecule has 0 saturated carbocycles. The quantitative estimate of drug-likeness (QED) is 0.267. The van der Waals surface area contributed by atoms with Crippen LogP contribution in [0.1, 0.15) is 0 Å².